The van der Waals surface area contributed by atoms with Crippen molar-refractivity contribution in [1.82, 2.24) is 0 Å². The number of hydrogen-bond acceptors (Lipinski definition) is 3. The van der Waals surface area contributed by atoms with Crippen LogP contribution in [0, 0.1) is 0 Å². The molecule has 1 aliphatic heterocycles. The first-order valence-electron chi connectivity index (χ1n) is 6.30. The van der Waals surface area contributed by atoms with Crippen LogP contribution in [0.25, 0.3) is 0 Å². The van der Waals surface area contributed by atoms with Crippen molar-refractivity contribution in [3.05, 3.63) is 40.6 Å². The van der Waals surface area contributed by atoms with Crippen molar-refractivity contribution in [2.45, 2.75) is 26.2 Å². The number of likely N-dealkylation sites (N-methyl/N-ethyl adjacent to an activating group) is 1. The minimum absolute atomic E-state index is 0.262. The van der Waals surface area contributed by atoms with E-state index in [1.165, 1.54) is 0 Å². The lowest BCUT2D eigenvalue weighted by Gasteiger charge is -2.23. The van der Waals surface area contributed by atoms with E-state index in [9.17, 15) is 4.79 Å². The van der Waals surface area contributed by atoms with Gasteiger partial charge in [0.1, 0.15) is 0 Å². The smallest absolute Gasteiger partial charge is 0.332 e. The van der Waals surface area contributed by atoms with Crippen molar-refractivity contribution >= 4 is 23.3 Å². The van der Waals surface area contributed by atoms with E-state index in [1.807, 2.05) is 30.1 Å². The zero-order chi connectivity index (χ0) is 14.2. The molecular formula is C15H18ClNO2. The van der Waals surface area contributed by atoms with Crippen molar-refractivity contribution in [3.8, 4) is 0 Å². The third kappa shape index (κ3) is 2.35. The van der Waals surface area contributed by atoms with Crippen LogP contribution < -0.4 is 4.90 Å². The normalized spacial score (nSPS) is 18.6. The summed E-state index contributed by atoms with van der Waals surface area (Å²) in [5, 5.41) is 0.706. The largest absolute Gasteiger partial charge is 0.463 e. The Labute approximate surface area is 118 Å². The second kappa shape index (κ2) is 4.89. The van der Waals surface area contributed by atoms with Crippen molar-refractivity contribution in [2.24, 2.45) is 0 Å². The van der Waals surface area contributed by atoms with Crippen LogP contribution in [-0.2, 0) is 14.9 Å². The summed E-state index contributed by atoms with van der Waals surface area (Å²) in [4.78, 5) is 13.7. The first kappa shape index (κ1) is 13.9. The summed E-state index contributed by atoms with van der Waals surface area (Å²) in [6.07, 6.45) is 1.57. The van der Waals surface area contributed by atoms with Gasteiger partial charge in [0, 0.05) is 34.9 Å². The number of hydrogen-bond donors (Lipinski definition) is 0. The van der Waals surface area contributed by atoms with Crippen LogP contribution in [0.5, 0.6) is 0 Å². The Balaban J connectivity index is 2.48. The van der Waals surface area contributed by atoms with Crippen molar-refractivity contribution in [1.29, 1.82) is 0 Å². The monoisotopic (exact) mass is 279 g/mol. The Morgan fingerprint density at radius 3 is 2.79 bits per heavy atom. The summed E-state index contributed by atoms with van der Waals surface area (Å²) in [7, 11) is 1.95. The third-order valence-electron chi connectivity index (χ3n) is 3.54. The minimum Gasteiger partial charge on any atom is -0.463 e. The number of nitrogens with zero attached hydrogens (tertiary/aromatic N) is 1. The molecule has 0 saturated carbocycles. The third-order valence-corrected chi connectivity index (χ3v) is 3.77. The molecule has 0 amide bonds. The van der Waals surface area contributed by atoms with Crippen LogP contribution in [0.15, 0.2) is 30.0 Å². The Hall–Kier alpha value is -1.48. The van der Waals surface area contributed by atoms with Gasteiger partial charge in [0.15, 0.2) is 0 Å². The molecule has 4 heteroatoms. The number of anilines is 1. The number of benzene rings is 1. The zero-order valence-corrected chi connectivity index (χ0v) is 12.4. The molecule has 0 unspecified atom stereocenters. The maximum absolute atomic E-state index is 11.7. The number of rotatable bonds is 2. The highest BCUT2D eigenvalue weighted by atomic mass is 35.5. The summed E-state index contributed by atoms with van der Waals surface area (Å²) < 4.78 is 5.00. The number of carbonyl (C=O) groups is 1. The topological polar surface area (TPSA) is 29.5 Å². The molecule has 0 radical (unpaired) electrons. The van der Waals surface area contributed by atoms with Gasteiger partial charge >= 0.3 is 5.97 Å². The van der Waals surface area contributed by atoms with Crippen molar-refractivity contribution in [3.63, 3.8) is 0 Å². The van der Waals surface area contributed by atoms with Crippen molar-refractivity contribution < 1.29 is 9.53 Å². The predicted molar refractivity (Wildman–Crippen MR) is 77.6 cm³/mol. The molecule has 102 valence electrons. The van der Waals surface area contributed by atoms with Gasteiger partial charge in [-0.3, -0.25) is 0 Å². The van der Waals surface area contributed by atoms with E-state index in [4.69, 9.17) is 16.3 Å². The van der Waals surface area contributed by atoms with Gasteiger partial charge in [0.05, 0.1) is 6.61 Å². The second-order valence-electron chi connectivity index (χ2n) is 5.13. The first-order valence-corrected chi connectivity index (χ1v) is 6.68. The molecule has 0 fully saturated rings. The summed E-state index contributed by atoms with van der Waals surface area (Å²) in [5.74, 6) is -0.309. The van der Waals surface area contributed by atoms with Crippen LogP contribution in [0.3, 0.4) is 0 Å². The number of carbonyl (C=O) groups excluding carboxylic acids is 1. The lowest BCUT2D eigenvalue weighted by Crippen LogP contribution is -2.24. The lowest BCUT2D eigenvalue weighted by molar-refractivity contribution is -0.137. The SMILES string of the molecule is CCOC(=O)/C=C1/N(C)c2ccc(Cl)cc2C1(C)C. The summed E-state index contributed by atoms with van der Waals surface area (Å²) >= 11 is 6.07. The molecule has 1 aromatic carbocycles. The fourth-order valence-electron chi connectivity index (χ4n) is 2.56. The number of allylic oxidation sites excluding steroid dienone is 1. The number of halogens is 1. The quantitative estimate of drug-likeness (QED) is 0.613. The van der Waals surface area contributed by atoms with Crippen LogP contribution in [-0.4, -0.2) is 19.6 Å². The maximum Gasteiger partial charge on any atom is 0.332 e. The van der Waals surface area contributed by atoms with Gasteiger partial charge in [-0.2, -0.15) is 0 Å². The molecule has 0 bridgehead atoms. The van der Waals surface area contributed by atoms with Gasteiger partial charge in [0.25, 0.3) is 0 Å². The van der Waals surface area contributed by atoms with Gasteiger partial charge in [-0.1, -0.05) is 25.4 Å². The van der Waals surface area contributed by atoms with E-state index < -0.39 is 0 Å². The summed E-state index contributed by atoms with van der Waals surface area (Å²) in [6, 6.07) is 5.80. The van der Waals surface area contributed by atoms with Gasteiger partial charge in [0.2, 0.25) is 0 Å². The lowest BCUT2D eigenvalue weighted by atomic mass is 9.84. The predicted octanol–water partition coefficient (Wildman–Crippen LogP) is 3.51. The number of fused-ring (bicyclic) bond motifs is 1. The molecule has 0 saturated heterocycles. The highest BCUT2D eigenvalue weighted by Gasteiger charge is 2.39. The second-order valence-corrected chi connectivity index (χ2v) is 5.56. The molecule has 0 N–H and O–H groups in total. The van der Waals surface area contributed by atoms with Gasteiger partial charge in [-0.25, -0.2) is 4.79 Å². The van der Waals surface area contributed by atoms with Crippen LogP contribution in [0.4, 0.5) is 5.69 Å². The summed E-state index contributed by atoms with van der Waals surface area (Å²) in [6.45, 7) is 6.34. The first-order chi connectivity index (χ1) is 8.87. The van der Waals surface area contributed by atoms with Crippen LogP contribution in [0.1, 0.15) is 26.3 Å². The molecule has 0 spiro atoms. The Kier molecular flexibility index (Phi) is 3.59. The molecule has 19 heavy (non-hydrogen) atoms. The van der Waals surface area contributed by atoms with E-state index in [-0.39, 0.29) is 11.4 Å². The minimum atomic E-state index is -0.309. The Morgan fingerprint density at radius 1 is 1.47 bits per heavy atom. The molecule has 1 aromatic rings. The molecule has 0 atom stereocenters. The molecule has 3 nitrogen and oxygen atoms in total. The molecule has 0 aliphatic carbocycles. The van der Waals surface area contributed by atoms with Crippen LogP contribution >= 0.6 is 11.6 Å². The average molecular weight is 280 g/mol. The average Bonchev–Trinajstić information content (AvgIpc) is 2.51. The standard InChI is InChI=1S/C15H18ClNO2/c1-5-19-14(18)9-13-15(2,3)11-8-10(16)6-7-12(11)17(13)4/h6-9H,5H2,1-4H3/b13-9+. The number of esters is 1. The Morgan fingerprint density at radius 2 is 2.16 bits per heavy atom. The van der Waals surface area contributed by atoms with Gasteiger partial charge in [-0.15, -0.1) is 0 Å². The van der Waals surface area contributed by atoms with E-state index in [0.717, 1.165) is 16.9 Å². The highest BCUT2D eigenvalue weighted by Crippen LogP contribution is 2.47. The fraction of sp³-hybridized carbons (Fsp3) is 0.400. The number of ether oxygens (including phenoxy) is 1. The van der Waals surface area contributed by atoms with Crippen molar-refractivity contribution in [2.75, 3.05) is 18.6 Å². The van der Waals surface area contributed by atoms with E-state index >= 15 is 0 Å². The maximum atomic E-state index is 11.7. The zero-order valence-electron chi connectivity index (χ0n) is 11.7. The Bertz CT molecular complexity index is 549. The van der Waals surface area contributed by atoms with Crippen LogP contribution in [0.2, 0.25) is 5.02 Å². The molecule has 1 aliphatic rings. The molecule has 0 aromatic heterocycles. The van der Waals surface area contributed by atoms with Gasteiger partial charge in [-0.05, 0) is 30.7 Å². The molecule has 2 rings (SSSR count). The molecular weight excluding hydrogens is 262 g/mol. The molecule has 1 heterocycles. The fourth-order valence-corrected chi connectivity index (χ4v) is 2.73. The van der Waals surface area contributed by atoms with E-state index in [1.54, 1.807) is 13.0 Å². The summed E-state index contributed by atoms with van der Waals surface area (Å²) in [5.41, 5.74) is 2.85. The highest BCUT2D eigenvalue weighted by molar-refractivity contribution is 6.30. The van der Waals surface area contributed by atoms with E-state index in [2.05, 4.69) is 13.8 Å². The van der Waals surface area contributed by atoms with Gasteiger partial charge < -0.3 is 9.64 Å². The van der Waals surface area contributed by atoms with E-state index in [0.29, 0.717) is 11.6 Å².